The van der Waals surface area contributed by atoms with Crippen molar-refractivity contribution >= 4 is 15.7 Å². The van der Waals surface area contributed by atoms with E-state index in [9.17, 15) is 31.7 Å². The Balaban J connectivity index is 3.77. The molecule has 0 aliphatic rings. The second kappa shape index (κ2) is 4.25. The third-order valence-corrected chi connectivity index (χ3v) is 2.57. The Morgan fingerprint density at radius 3 is 2.35 bits per heavy atom. The van der Waals surface area contributed by atoms with Gasteiger partial charge in [0.15, 0.2) is 10.6 Å². The van der Waals surface area contributed by atoms with E-state index in [0.717, 1.165) is 0 Å². The smallest absolute Gasteiger partial charge is 0.258 e. The highest BCUT2D eigenvalue weighted by molar-refractivity contribution is 7.89. The van der Waals surface area contributed by atoms with Crippen molar-refractivity contribution in [2.45, 2.75) is 11.3 Å². The Hall–Kier alpha value is -1.75. The van der Waals surface area contributed by atoms with Crippen LogP contribution in [0.25, 0.3) is 0 Å². The highest BCUT2D eigenvalue weighted by Crippen LogP contribution is 2.32. The molecule has 1 aromatic heterocycles. The highest BCUT2D eigenvalue weighted by Gasteiger charge is 2.33. The number of aromatic nitrogens is 1. The number of nitro groups is 1. The average Bonchev–Trinajstić information content (AvgIpc) is 2.14. The molecular weight excluding hydrogens is 267 g/mol. The Labute approximate surface area is 92.3 Å². The van der Waals surface area contributed by atoms with Crippen LogP contribution in [0.1, 0.15) is 12.1 Å². The Morgan fingerprint density at radius 2 is 2.00 bits per heavy atom. The number of alkyl halides is 2. The fourth-order valence-corrected chi connectivity index (χ4v) is 1.77. The molecule has 0 radical (unpaired) electrons. The maximum absolute atomic E-state index is 12.8. The summed E-state index contributed by atoms with van der Waals surface area (Å²) in [5.74, 6) is -1.60. The summed E-state index contributed by atoms with van der Waals surface area (Å²) in [5, 5.41) is 15.1. The van der Waals surface area contributed by atoms with Crippen LogP contribution in [-0.4, -0.2) is 18.3 Å². The number of nitrogens with zero attached hydrogens (tertiary/aromatic N) is 2. The minimum absolute atomic E-state index is 0.110. The van der Waals surface area contributed by atoms with Crippen molar-refractivity contribution in [2.75, 3.05) is 0 Å². The van der Waals surface area contributed by atoms with Gasteiger partial charge in [-0.1, -0.05) is 0 Å². The molecule has 0 fully saturated rings. The zero-order valence-electron chi connectivity index (χ0n) is 7.80. The maximum atomic E-state index is 12.8. The van der Waals surface area contributed by atoms with Crippen molar-refractivity contribution < 1.29 is 26.5 Å². The minimum Gasteiger partial charge on any atom is -0.258 e. The summed E-state index contributed by atoms with van der Waals surface area (Å²) in [6.45, 7) is 0. The normalized spacial score (nSPS) is 11.8. The summed E-state index contributed by atoms with van der Waals surface area (Å²) >= 11 is 0. The molecule has 0 saturated heterocycles. The number of hydrogen-bond acceptors (Lipinski definition) is 5. The van der Waals surface area contributed by atoms with Gasteiger partial charge in [-0.05, 0) is 0 Å². The van der Waals surface area contributed by atoms with E-state index < -0.39 is 43.6 Å². The van der Waals surface area contributed by atoms with Gasteiger partial charge in [-0.15, -0.1) is 0 Å². The van der Waals surface area contributed by atoms with Crippen LogP contribution in [0.4, 0.5) is 18.9 Å². The number of primary sulfonamides is 1. The quantitative estimate of drug-likeness (QED) is 0.493. The Bertz CT molecular complexity index is 574. The molecule has 0 bridgehead atoms. The molecule has 0 atom stereocenters. The first-order valence-electron chi connectivity index (χ1n) is 3.80. The van der Waals surface area contributed by atoms with Crippen LogP contribution in [0.3, 0.4) is 0 Å². The van der Waals surface area contributed by atoms with Crippen molar-refractivity contribution in [2.24, 2.45) is 5.14 Å². The first kappa shape index (κ1) is 13.3. The van der Waals surface area contributed by atoms with Gasteiger partial charge >= 0.3 is 5.69 Å². The topological polar surface area (TPSA) is 116 Å². The number of pyridine rings is 1. The van der Waals surface area contributed by atoms with Crippen LogP contribution in [0.5, 0.6) is 0 Å². The van der Waals surface area contributed by atoms with E-state index in [1.54, 1.807) is 0 Å². The van der Waals surface area contributed by atoms with Gasteiger partial charge in [-0.3, -0.25) is 10.1 Å². The van der Waals surface area contributed by atoms with E-state index >= 15 is 0 Å². The summed E-state index contributed by atoms with van der Waals surface area (Å²) in [5.41, 5.74) is -3.11. The molecule has 0 aliphatic carbocycles. The van der Waals surface area contributed by atoms with Gasteiger partial charge in [0.1, 0.15) is 0 Å². The molecule has 0 aromatic carbocycles. The monoisotopic (exact) mass is 271 g/mol. The largest absolute Gasteiger partial charge is 0.316 e. The van der Waals surface area contributed by atoms with Crippen LogP contribution >= 0.6 is 0 Å². The number of rotatable bonds is 3. The number of halogens is 3. The van der Waals surface area contributed by atoms with Gasteiger partial charge in [0.05, 0.1) is 4.92 Å². The SMILES string of the molecule is NS(=O)(=O)c1cc(F)nc(C(F)F)c1[N+](=O)[O-]. The second-order valence-corrected chi connectivity index (χ2v) is 4.31. The van der Waals surface area contributed by atoms with Crippen molar-refractivity contribution in [3.63, 3.8) is 0 Å². The molecule has 0 spiro atoms. The molecule has 1 aromatic rings. The predicted molar refractivity (Wildman–Crippen MR) is 47.2 cm³/mol. The molecule has 0 aliphatic heterocycles. The summed E-state index contributed by atoms with van der Waals surface area (Å²) in [4.78, 5) is 10.3. The van der Waals surface area contributed by atoms with Crippen LogP contribution in [0.2, 0.25) is 0 Å². The summed E-state index contributed by atoms with van der Waals surface area (Å²) in [6.07, 6.45) is -3.51. The van der Waals surface area contributed by atoms with Crippen LogP contribution in [0.15, 0.2) is 11.0 Å². The summed E-state index contributed by atoms with van der Waals surface area (Å²) in [7, 11) is -4.71. The van der Waals surface area contributed by atoms with Crippen LogP contribution < -0.4 is 5.14 Å². The molecular formula is C6H4F3N3O4S. The van der Waals surface area contributed by atoms with Gasteiger partial charge in [0.2, 0.25) is 16.0 Å². The molecule has 17 heavy (non-hydrogen) atoms. The third-order valence-electron chi connectivity index (χ3n) is 1.65. The van der Waals surface area contributed by atoms with Gasteiger partial charge < -0.3 is 0 Å². The first-order valence-corrected chi connectivity index (χ1v) is 5.35. The van der Waals surface area contributed by atoms with Crippen molar-refractivity contribution in [3.8, 4) is 0 Å². The zero-order valence-corrected chi connectivity index (χ0v) is 8.62. The lowest BCUT2D eigenvalue weighted by Crippen LogP contribution is -2.17. The molecule has 2 N–H and O–H groups in total. The average molecular weight is 271 g/mol. The standard InChI is InChI=1S/C6H4F3N3O4S/c7-3-1-2(17(10,15)16)5(12(13)14)4(11-3)6(8)9/h1,6H,(H2,10,15,16). The summed E-state index contributed by atoms with van der Waals surface area (Å²) < 4.78 is 59.3. The van der Waals surface area contributed by atoms with Crippen molar-refractivity contribution in [1.82, 2.24) is 4.98 Å². The van der Waals surface area contributed by atoms with Crippen molar-refractivity contribution in [1.29, 1.82) is 0 Å². The molecule has 11 heteroatoms. The van der Waals surface area contributed by atoms with Gasteiger partial charge in [-0.2, -0.15) is 4.39 Å². The molecule has 94 valence electrons. The lowest BCUT2D eigenvalue weighted by atomic mass is 10.3. The van der Waals surface area contributed by atoms with Gasteiger partial charge in [0, 0.05) is 6.07 Å². The van der Waals surface area contributed by atoms with Gasteiger partial charge in [-0.25, -0.2) is 27.3 Å². The minimum atomic E-state index is -4.71. The van der Waals surface area contributed by atoms with E-state index in [1.165, 1.54) is 0 Å². The summed E-state index contributed by atoms with van der Waals surface area (Å²) in [6, 6.07) is 0.110. The van der Waals surface area contributed by atoms with Crippen molar-refractivity contribution in [3.05, 3.63) is 27.8 Å². The second-order valence-electron chi connectivity index (χ2n) is 2.78. The third kappa shape index (κ3) is 2.68. The fourth-order valence-electron chi connectivity index (χ4n) is 1.06. The van der Waals surface area contributed by atoms with E-state index in [2.05, 4.69) is 10.1 Å². The lowest BCUT2D eigenvalue weighted by molar-refractivity contribution is -0.389. The first-order chi connectivity index (χ1) is 7.64. The zero-order chi connectivity index (χ0) is 13.4. The van der Waals surface area contributed by atoms with E-state index in [0.29, 0.717) is 0 Å². The van der Waals surface area contributed by atoms with E-state index in [-0.39, 0.29) is 6.07 Å². The molecule has 7 nitrogen and oxygen atoms in total. The Morgan fingerprint density at radius 1 is 1.47 bits per heavy atom. The predicted octanol–water partition coefficient (Wildman–Crippen LogP) is 0.714. The molecule has 0 saturated carbocycles. The van der Waals surface area contributed by atoms with Crippen LogP contribution in [-0.2, 0) is 10.0 Å². The number of hydrogen-bond donors (Lipinski definition) is 1. The maximum Gasteiger partial charge on any atom is 0.316 e. The molecule has 1 heterocycles. The van der Waals surface area contributed by atoms with E-state index in [4.69, 9.17) is 0 Å². The fraction of sp³-hybridized carbons (Fsp3) is 0.167. The molecule has 0 amide bonds. The van der Waals surface area contributed by atoms with Gasteiger partial charge in [0.25, 0.3) is 6.43 Å². The Kier molecular flexibility index (Phi) is 3.33. The van der Waals surface area contributed by atoms with Crippen LogP contribution in [0, 0.1) is 16.1 Å². The number of nitrogens with two attached hydrogens (primary N) is 1. The lowest BCUT2D eigenvalue weighted by Gasteiger charge is -2.05. The number of sulfonamides is 1. The molecule has 1 rings (SSSR count). The van der Waals surface area contributed by atoms with E-state index in [1.807, 2.05) is 0 Å². The molecule has 0 unspecified atom stereocenters. The highest BCUT2D eigenvalue weighted by atomic mass is 32.2.